The first-order valence-corrected chi connectivity index (χ1v) is 22.0. The monoisotopic (exact) mass is 814 g/mol. The van der Waals surface area contributed by atoms with Gasteiger partial charge in [-0.05, 0) is 80.5 Å². The molecule has 0 bridgehead atoms. The third kappa shape index (κ3) is 7.94. The minimum Gasteiger partial charge on any atom is -0.491 e. The summed E-state index contributed by atoms with van der Waals surface area (Å²) in [6.45, 7) is -0.116. The molecular weight excluding hydrogens is 765 g/mol. The predicted molar refractivity (Wildman–Crippen MR) is 214 cm³/mol. The standard InChI is InChI=1S/C42H50N6O9S/c1-56-36-33(32-18-11-13-26-12-7-10-17-31(26)32)24-43-48(39(36)51)28-22-35-37(49)45-42(40(52)46-58(54,55)30-20-21-30)23-27(42)14-5-3-2-4-6-19-34(38(50)47(35)25-28)44-41(53)57-29-15-8-9-16-29/h5,7,10-14,17-18,24,27-30,34-35H,2-4,6,8-9,15-16,19-23,25H2,1H3,(H,44,53)(H,45,49)(H,46,52)/b14-5-/t27-,28?,34+,35+,42?/m1/s1. The lowest BCUT2D eigenvalue weighted by Crippen LogP contribution is -2.58. The smallest absolute Gasteiger partial charge is 0.408 e. The Labute approximate surface area is 336 Å². The number of aromatic nitrogens is 2. The van der Waals surface area contributed by atoms with Crippen LogP contribution < -0.4 is 25.7 Å². The van der Waals surface area contributed by atoms with Crippen molar-refractivity contribution < 1.29 is 37.1 Å². The number of nitrogens with zero attached hydrogens (tertiary/aromatic N) is 3. The van der Waals surface area contributed by atoms with Gasteiger partial charge in [-0.3, -0.25) is 23.9 Å². The molecule has 3 saturated carbocycles. The Bertz CT molecular complexity index is 2300. The molecule has 15 nitrogen and oxygen atoms in total. The normalized spacial score (nSPS) is 27.4. The molecule has 3 aromatic rings. The van der Waals surface area contributed by atoms with Crippen molar-refractivity contribution >= 4 is 44.6 Å². The number of benzene rings is 2. The fraction of sp³-hybridized carbons (Fsp3) is 0.524. The van der Waals surface area contributed by atoms with E-state index in [0.29, 0.717) is 31.2 Å². The molecule has 2 unspecified atom stereocenters. The number of amides is 4. The van der Waals surface area contributed by atoms with E-state index < -0.39 is 74.2 Å². The van der Waals surface area contributed by atoms with Crippen molar-refractivity contribution in [2.75, 3.05) is 13.7 Å². The van der Waals surface area contributed by atoms with E-state index in [1.807, 2.05) is 54.6 Å². The van der Waals surface area contributed by atoms with Crippen LogP contribution in [0.2, 0.25) is 0 Å². The summed E-state index contributed by atoms with van der Waals surface area (Å²) >= 11 is 0. The first-order chi connectivity index (χ1) is 28.0. The number of hydrogen-bond donors (Lipinski definition) is 3. The summed E-state index contributed by atoms with van der Waals surface area (Å²) < 4.78 is 40.6. The lowest BCUT2D eigenvalue weighted by Gasteiger charge is -2.30. The molecule has 2 aromatic carbocycles. The van der Waals surface area contributed by atoms with Crippen LogP contribution in [-0.4, -0.2) is 89.5 Å². The molecule has 3 aliphatic carbocycles. The average Bonchev–Trinajstić information content (AvgIpc) is 4.08. The summed E-state index contributed by atoms with van der Waals surface area (Å²) in [5.41, 5.74) is -0.881. The minimum atomic E-state index is -3.93. The van der Waals surface area contributed by atoms with Crippen LogP contribution in [0.15, 0.2) is 65.6 Å². The van der Waals surface area contributed by atoms with Crippen LogP contribution in [-0.2, 0) is 29.1 Å². The van der Waals surface area contributed by atoms with E-state index in [4.69, 9.17) is 9.47 Å². The van der Waals surface area contributed by atoms with Gasteiger partial charge in [-0.1, -0.05) is 67.5 Å². The summed E-state index contributed by atoms with van der Waals surface area (Å²) in [5.74, 6) is -2.46. The van der Waals surface area contributed by atoms with Gasteiger partial charge in [0.2, 0.25) is 21.8 Å². The Morgan fingerprint density at radius 2 is 1.69 bits per heavy atom. The van der Waals surface area contributed by atoms with Gasteiger partial charge in [0.15, 0.2) is 5.75 Å². The van der Waals surface area contributed by atoms with Gasteiger partial charge in [-0.2, -0.15) is 5.10 Å². The van der Waals surface area contributed by atoms with E-state index in [1.165, 1.54) is 16.7 Å². The summed E-state index contributed by atoms with van der Waals surface area (Å²) in [6, 6.07) is 10.5. The number of hydrogen-bond acceptors (Lipinski definition) is 10. The number of methoxy groups -OCH3 is 1. The van der Waals surface area contributed by atoms with E-state index in [9.17, 15) is 32.4 Å². The first-order valence-electron chi connectivity index (χ1n) is 20.5. The quantitative estimate of drug-likeness (QED) is 0.277. The Kier molecular flexibility index (Phi) is 11.0. The fourth-order valence-electron chi connectivity index (χ4n) is 8.85. The molecule has 4 fully saturated rings. The van der Waals surface area contributed by atoms with Gasteiger partial charge in [0.25, 0.3) is 5.91 Å². The van der Waals surface area contributed by atoms with Crippen LogP contribution in [0, 0.1) is 5.92 Å². The van der Waals surface area contributed by atoms with Crippen LogP contribution in [0.3, 0.4) is 0 Å². The molecule has 3 heterocycles. The van der Waals surface area contributed by atoms with Crippen LogP contribution in [0.5, 0.6) is 5.75 Å². The average molecular weight is 815 g/mol. The molecule has 58 heavy (non-hydrogen) atoms. The van der Waals surface area contributed by atoms with Gasteiger partial charge in [-0.15, -0.1) is 0 Å². The maximum Gasteiger partial charge on any atom is 0.408 e. The molecule has 0 spiro atoms. The molecule has 5 aliphatic rings. The highest BCUT2D eigenvalue weighted by Crippen LogP contribution is 2.46. The van der Waals surface area contributed by atoms with Crippen LogP contribution in [0.25, 0.3) is 21.9 Å². The second-order valence-electron chi connectivity index (χ2n) is 16.3. The van der Waals surface area contributed by atoms with Crippen molar-refractivity contribution in [2.45, 2.75) is 118 Å². The van der Waals surface area contributed by atoms with Crippen molar-refractivity contribution in [3.05, 3.63) is 71.2 Å². The van der Waals surface area contributed by atoms with Gasteiger partial charge in [0.05, 0.1) is 30.2 Å². The van der Waals surface area contributed by atoms with E-state index in [2.05, 4.69) is 20.5 Å². The summed E-state index contributed by atoms with van der Waals surface area (Å²) in [6.07, 6.45) is 11.9. The molecule has 4 amide bonds. The van der Waals surface area contributed by atoms with E-state index >= 15 is 0 Å². The molecule has 0 radical (unpaired) electrons. The molecule has 3 N–H and O–H groups in total. The summed E-state index contributed by atoms with van der Waals surface area (Å²) in [4.78, 5) is 71.8. The second-order valence-corrected chi connectivity index (χ2v) is 18.2. The molecule has 16 heteroatoms. The van der Waals surface area contributed by atoms with Crippen molar-refractivity contribution in [1.82, 2.24) is 30.0 Å². The molecule has 1 aromatic heterocycles. The number of carbonyl (C=O) groups is 4. The van der Waals surface area contributed by atoms with E-state index in [1.54, 1.807) is 6.20 Å². The zero-order valence-electron chi connectivity index (χ0n) is 32.6. The van der Waals surface area contributed by atoms with Crippen LogP contribution in [0.4, 0.5) is 4.79 Å². The number of carbonyl (C=O) groups excluding carboxylic acids is 4. The second kappa shape index (κ2) is 16.2. The molecule has 5 atom stereocenters. The SMILES string of the molecule is COc1c(-c2cccc3ccccc23)cnn(C2C[C@H]3C(=O)NC4(C(=O)NS(=O)(=O)C5CC5)C[C@H]4/C=C\CCCCC[C@H](NC(=O)OC4CCCC4)C(=O)N3C2)c1=O. The zero-order valence-corrected chi connectivity index (χ0v) is 33.4. The Morgan fingerprint density at radius 3 is 2.47 bits per heavy atom. The molecule has 1 saturated heterocycles. The topological polar surface area (TPSA) is 195 Å². The Balaban J connectivity index is 1.13. The summed E-state index contributed by atoms with van der Waals surface area (Å²) in [5, 5.41) is 11.5. The van der Waals surface area contributed by atoms with Gasteiger partial charge in [0, 0.05) is 18.9 Å². The Morgan fingerprint density at radius 1 is 0.931 bits per heavy atom. The van der Waals surface area contributed by atoms with Gasteiger partial charge in [-0.25, -0.2) is 17.9 Å². The molecule has 308 valence electrons. The highest BCUT2D eigenvalue weighted by Gasteiger charge is 2.62. The maximum absolute atomic E-state index is 14.7. The number of alkyl carbamates (subject to hydrolysis) is 1. The number of allylic oxidation sites excluding steroid dienone is 1. The van der Waals surface area contributed by atoms with Crippen molar-refractivity contribution in [2.24, 2.45) is 5.92 Å². The van der Waals surface area contributed by atoms with Crippen LogP contribution in [0.1, 0.15) is 89.5 Å². The largest absolute Gasteiger partial charge is 0.491 e. The van der Waals surface area contributed by atoms with Crippen LogP contribution >= 0.6 is 0 Å². The number of sulfonamides is 1. The summed E-state index contributed by atoms with van der Waals surface area (Å²) in [7, 11) is -2.52. The minimum absolute atomic E-state index is 0.0425. The van der Waals surface area contributed by atoms with Crippen molar-refractivity contribution in [1.29, 1.82) is 0 Å². The number of nitrogens with one attached hydrogen (secondary N) is 3. The lowest BCUT2D eigenvalue weighted by molar-refractivity contribution is -0.141. The maximum atomic E-state index is 14.7. The highest BCUT2D eigenvalue weighted by atomic mass is 32.2. The van der Waals surface area contributed by atoms with Gasteiger partial charge < -0.3 is 25.0 Å². The zero-order chi connectivity index (χ0) is 40.6. The third-order valence-corrected chi connectivity index (χ3v) is 14.1. The van der Waals surface area contributed by atoms with Crippen molar-refractivity contribution in [3.63, 3.8) is 0 Å². The number of ether oxygens (including phenoxy) is 2. The Hall–Kier alpha value is -5.25. The number of fused-ring (bicyclic) bond motifs is 3. The van der Waals surface area contributed by atoms with E-state index in [0.717, 1.165) is 54.9 Å². The predicted octanol–water partition coefficient (Wildman–Crippen LogP) is 4.26. The highest BCUT2D eigenvalue weighted by molar-refractivity contribution is 7.91. The third-order valence-electron chi connectivity index (χ3n) is 12.3. The molecular formula is C42H50N6O9S. The van der Waals surface area contributed by atoms with Crippen molar-refractivity contribution in [3.8, 4) is 16.9 Å². The number of rotatable bonds is 8. The first kappa shape index (κ1) is 39.6. The van der Waals surface area contributed by atoms with Gasteiger partial charge >= 0.3 is 11.7 Å². The van der Waals surface area contributed by atoms with Gasteiger partial charge in [0.1, 0.15) is 23.7 Å². The lowest BCUT2D eigenvalue weighted by atomic mass is 9.99. The molecule has 8 rings (SSSR count). The molecule has 2 aliphatic heterocycles. The fourth-order valence-corrected chi connectivity index (χ4v) is 10.2. The van der Waals surface area contributed by atoms with E-state index in [-0.39, 0.29) is 37.7 Å².